The number of halogens is 15. The smallest absolute Gasteiger partial charge is 0.207 e. The molecule has 0 saturated carbocycles. The summed E-state index contributed by atoms with van der Waals surface area (Å²) in [5, 5.41) is -1.08. The summed E-state index contributed by atoms with van der Waals surface area (Å²) in [6, 6.07) is 10.5. The number of rotatable bonds is 6. The molecule has 5 aromatic carbocycles. The number of benzene rings is 5. The van der Waals surface area contributed by atoms with Crippen molar-refractivity contribution in [2.75, 3.05) is 0 Å². The average molecular weight is 698 g/mol. The van der Waals surface area contributed by atoms with Crippen LogP contribution < -0.4 is 27.0 Å². The lowest BCUT2D eigenvalue weighted by Gasteiger charge is -2.43. The quantitative estimate of drug-likeness (QED) is 0.0617. The zero-order valence-electron chi connectivity index (χ0n) is 22.5. The second-order valence-electron chi connectivity index (χ2n) is 9.96. The first-order valence-electron chi connectivity index (χ1n) is 12.8. The van der Waals surface area contributed by atoms with Crippen LogP contribution in [0.5, 0.6) is 0 Å². The van der Waals surface area contributed by atoms with Crippen molar-refractivity contribution in [2.24, 2.45) is 0 Å². The van der Waals surface area contributed by atoms with Gasteiger partial charge in [0, 0.05) is 0 Å². The molecule has 0 bridgehead atoms. The Balaban J connectivity index is 2.31. The molecule has 0 heterocycles. The second-order valence-corrected chi connectivity index (χ2v) is 12.8. The van der Waals surface area contributed by atoms with Crippen LogP contribution in [-0.4, -0.2) is 5.87 Å². The van der Waals surface area contributed by atoms with E-state index in [1.807, 2.05) is 0 Å². The molecule has 244 valence electrons. The highest BCUT2D eigenvalue weighted by Crippen LogP contribution is 2.47. The average Bonchev–Trinajstić information content (AvgIpc) is 3.07. The Kier molecular flexibility index (Phi) is 8.86. The second kappa shape index (κ2) is 12.3. The minimum atomic E-state index is -5.76. The highest BCUT2D eigenvalue weighted by Gasteiger charge is 2.59. The highest BCUT2D eigenvalue weighted by molar-refractivity contribution is 8.10. The third-order valence-corrected chi connectivity index (χ3v) is 11.3. The molecule has 17 heteroatoms. The number of hydrogen-bond donors (Lipinski definition) is 0. The van der Waals surface area contributed by atoms with E-state index in [1.165, 1.54) is 12.1 Å². The predicted octanol–water partition coefficient (Wildman–Crippen LogP) is 6.61. The largest absolute Gasteiger partial charge is 0.271 e. The van der Waals surface area contributed by atoms with Crippen LogP contribution in [0.3, 0.4) is 0 Å². The summed E-state index contributed by atoms with van der Waals surface area (Å²) < 4.78 is 229. The Morgan fingerprint density at radius 2 is 0.468 bits per heavy atom. The zero-order valence-corrected chi connectivity index (χ0v) is 23.5. The molecule has 47 heavy (non-hydrogen) atoms. The summed E-state index contributed by atoms with van der Waals surface area (Å²) in [7, 11) is -4.37. The lowest BCUT2D eigenvalue weighted by molar-refractivity contribution is 0.380. The third-order valence-electron chi connectivity index (χ3n) is 7.63. The number of hydrogen-bond acceptors (Lipinski definition) is 0. The van der Waals surface area contributed by atoms with E-state index in [-0.39, 0.29) is 0 Å². The van der Waals surface area contributed by atoms with Crippen LogP contribution in [0, 0.1) is 87.3 Å². The van der Waals surface area contributed by atoms with Gasteiger partial charge in [-0.25, -0.2) is 65.9 Å². The minimum Gasteiger partial charge on any atom is -0.207 e. The SMILES string of the molecule is Fc1c(F)c(F)c([B-](c2c(F)c(F)c(F)c(F)c2F)(c2c(F)c(F)c(F)c(F)c2F)[PH+](c2ccccc2)c2ccccc2)c(F)c1F. The van der Waals surface area contributed by atoms with E-state index in [9.17, 15) is 39.5 Å². The molecular weight excluding hydrogens is 687 g/mol. The van der Waals surface area contributed by atoms with Crippen molar-refractivity contribution in [3.63, 3.8) is 0 Å². The van der Waals surface area contributed by atoms with Gasteiger partial charge in [0.2, 0.25) is 0 Å². The molecule has 0 aliphatic heterocycles. The summed E-state index contributed by atoms with van der Waals surface area (Å²) in [5.74, 6) is -51.0. The van der Waals surface area contributed by atoms with Gasteiger partial charge in [-0.1, -0.05) is 60.6 Å². The Labute approximate surface area is 254 Å². The molecule has 0 N–H and O–H groups in total. The van der Waals surface area contributed by atoms with Gasteiger partial charge in [-0.15, -0.1) is 0 Å². The van der Waals surface area contributed by atoms with Crippen LogP contribution >= 0.6 is 7.80 Å². The standard InChI is InChI=1S/C30H11BF15P/c32-16-13(17(33)23(39)28(44)22(16)38)31(14-18(34)24(40)29(45)25(41)19(14)35,15-20(36)26(42)30(46)27(43)21(15)37)47(11-7-3-1-4-8-11)12-9-5-2-6-10-12/h1-10,47H. The van der Waals surface area contributed by atoms with Crippen LogP contribution in [0.4, 0.5) is 65.9 Å². The molecule has 0 radical (unpaired) electrons. The minimum absolute atomic E-state index is 0.541. The summed E-state index contributed by atoms with van der Waals surface area (Å²) in [4.78, 5) is 0. The van der Waals surface area contributed by atoms with Crippen molar-refractivity contribution in [3.8, 4) is 0 Å². The molecule has 0 amide bonds. The topological polar surface area (TPSA) is 0 Å². The Bertz CT molecular complexity index is 1760. The lowest BCUT2D eigenvalue weighted by atomic mass is 9.33. The van der Waals surface area contributed by atoms with E-state index in [4.69, 9.17) is 0 Å². The molecular formula is C30H11BF15P. The van der Waals surface area contributed by atoms with Crippen molar-refractivity contribution >= 4 is 40.7 Å². The first-order chi connectivity index (χ1) is 22.1. The van der Waals surface area contributed by atoms with Gasteiger partial charge >= 0.3 is 0 Å². The van der Waals surface area contributed by atoms with E-state index in [0.717, 1.165) is 48.5 Å². The van der Waals surface area contributed by atoms with Crippen LogP contribution in [0.25, 0.3) is 0 Å². The fourth-order valence-electron chi connectivity index (χ4n) is 5.77. The fraction of sp³-hybridized carbons (Fsp3) is 0. The van der Waals surface area contributed by atoms with Gasteiger partial charge in [0.25, 0.3) is 5.87 Å². The molecule has 0 unspecified atom stereocenters. The molecule has 0 saturated heterocycles. The molecule has 5 aromatic rings. The summed E-state index contributed by atoms with van der Waals surface area (Å²) in [6.45, 7) is 0. The van der Waals surface area contributed by atoms with Gasteiger partial charge in [-0.05, 0) is 24.3 Å². The summed E-state index contributed by atoms with van der Waals surface area (Å²) in [5.41, 5.74) is -7.85. The molecule has 0 atom stereocenters. The Hall–Kier alpha value is -4.46. The van der Waals surface area contributed by atoms with Crippen molar-refractivity contribution < 1.29 is 65.9 Å². The van der Waals surface area contributed by atoms with Gasteiger partial charge in [0.05, 0.1) is 10.6 Å². The zero-order chi connectivity index (χ0) is 34.7. The van der Waals surface area contributed by atoms with Crippen molar-refractivity contribution in [1.82, 2.24) is 0 Å². The molecule has 0 aliphatic rings. The maximum absolute atomic E-state index is 16.0. The fourth-order valence-corrected chi connectivity index (χ4v) is 9.84. The van der Waals surface area contributed by atoms with Crippen molar-refractivity contribution in [1.29, 1.82) is 0 Å². The maximum atomic E-state index is 16.0. The van der Waals surface area contributed by atoms with E-state index < -0.39 is 128 Å². The van der Waals surface area contributed by atoms with Crippen LogP contribution in [-0.2, 0) is 0 Å². The Morgan fingerprint density at radius 1 is 0.277 bits per heavy atom. The van der Waals surface area contributed by atoms with Crippen LogP contribution in [0.1, 0.15) is 0 Å². The Morgan fingerprint density at radius 3 is 0.681 bits per heavy atom. The van der Waals surface area contributed by atoms with E-state index in [0.29, 0.717) is 0 Å². The summed E-state index contributed by atoms with van der Waals surface area (Å²) in [6.07, 6.45) is 0. The molecule has 0 aromatic heterocycles. The normalized spacial score (nSPS) is 11.9. The highest BCUT2D eigenvalue weighted by atomic mass is 31.1. The maximum Gasteiger partial charge on any atom is 0.271 e. The molecule has 0 fully saturated rings. The molecule has 5 rings (SSSR count). The molecule has 0 nitrogen and oxygen atoms in total. The van der Waals surface area contributed by atoms with E-state index in [2.05, 4.69) is 0 Å². The first-order valence-corrected chi connectivity index (χ1v) is 14.4. The predicted molar refractivity (Wildman–Crippen MR) is 144 cm³/mol. The van der Waals surface area contributed by atoms with Gasteiger partial charge in [-0.3, -0.25) is 0 Å². The first kappa shape index (κ1) is 33.9. The van der Waals surface area contributed by atoms with Crippen LogP contribution in [0.15, 0.2) is 60.7 Å². The monoisotopic (exact) mass is 698 g/mol. The van der Waals surface area contributed by atoms with Gasteiger partial charge < -0.3 is 0 Å². The summed E-state index contributed by atoms with van der Waals surface area (Å²) >= 11 is 0. The third kappa shape index (κ3) is 4.87. The molecule has 0 spiro atoms. The van der Waals surface area contributed by atoms with Crippen LogP contribution in [0.2, 0.25) is 0 Å². The van der Waals surface area contributed by atoms with Crippen molar-refractivity contribution in [2.45, 2.75) is 0 Å². The van der Waals surface area contributed by atoms with Crippen molar-refractivity contribution in [3.05, 3.63) is 148 Å². The van der Waals surface area contributed by atoms with E-state index >= 15 is 26.3 Å². The molecule has 0 aliphatic carbocycles. The van der Waals surface area contributed by atoms with Gasteiger partial charge in [-0.2, -0.15) is 0 Å². The lowest BCUT2D eigenvalue weighted by Crippen LogP contribution is -2.73. The van der Waals surface area contributed by atoms with Gasteiger partial charge in [0.15, 0.2) is 52.4 Å². The van der Waals surface area contributed by atoms with Gasteiger partial charge in [0.1, 0.15) is 34.9 Å². The van der Waals surface area contributed by atoms with E-state index in [1.54, 1.807) is 0 Å².